The summed E-state index contributed by atoms with van der Waals surface area (Å²) >= 11 is 0. The van der Waals surface area contributed by atoms with Crippen molar-refractivity contribution >= 4 is 12.9 Å². The molecule has 1 aromatic rings. The molecular formula is C11H15O3P. The average molecular weight is 226 g/mol. The first kappa shape index (κ1) is 12.2. The van der Waals surface area contributed by atoms with Gasteiger partial charge in [0.2, 0.25) is 0 Å². The highest BCUT2D eigenvalue weighted by molar-refractivity contribution is 7.61. The van der Waals surface area contributed by atoms with Crippen LogP contribution in [0.15, 0.2) is 36.9 Å². The molecule has 0 bridgehead atoms. The monoisotopic (exact) mass is 226 g/mol. The van der Waals surface area contributed by atoms with E-state index in [0.717, 1.165) is 5.56 Å². The van der Waals surface area contributed by atoms with Gasteiger partial charge >= 0.3 is 7.60 Å². The molecule has 1 rings (SSSR count). The van der Waals surface area contributed by atoms with Crippen LogP contribution in [0.3, 0.4) is 0 Å². The molecule has 3 nitrogen and oxygen atoms in total. The highest BCUT2D eigenvalue weighted by Crippen LogP contribution is 2.41. The zero-order valence-electron chi connectivity index (χ0n) is 8.72. The molecule has 15 heavy (non-hydrogen) atoms. The van der Waals surface area contributed by atoms with Gasteiger partial charge in [0.15, 0.2) is 0 Å². The zero-order chi connectivity index (χ0) is 11.3. The van der Waals surface area contributed by atoms with E-state index in [9.17, 15) is 9.46 Å². The summed E-state index contributed by atoms with van der Waals surface area (Å²) in [6, 6.07) is 7.03. The zero-order valence-corrected chi connectivity index (χ0v) is 9.61. The molecule has 0 aromatic heterocycles. The summed E-state index contributed by atoms with van der Waals surface area (Å²) in [6.45, 7) is 5.45. The SMILES string of the molecule is C=CCOP(=O)(O)c1ccccc1CC. The normalized spacial score (nSPS) is 14.5. The number of hydrogen-bond acceptors (Lipinski definition) is 2. The molecule has 1 N–H and O–H groups in total. The molecule has 0 radical (unpaired) electrons. The molecule has 0 saturated heterocycles. The molecule has 0 aliphatic rings. The van der Waals surface area contributed by atoms with Crippen molar-refractivity contribution in [1.82, 2.24) is 0 Å². The number of benzene rings is 1. The fourth-order valence-corrected chi connectivity index (χ4v) is 2.63. The van der Waals surface area contributed by atoms with E-state index in [1.54, 1.807) is 12.1 Å². The molecule has 1 unspecified atom stereocenters. The van der Waals surface area contributed by atoms with Crippen LogP contribution in [-0.4, -0.2) is 11.5 Å². The largest absolute Gasteiger partial charge is 0.359 e. The molecule has 82 valence electrons. The van der Waals surface area contributed by atoms with Crippen molar-refractivity contribution in [2.75, 3.05) is 6.61 Å². The van der Waals surface area contributed by atoms with Crippen molar-refractivity contribution in [2.24, 2.45) is 0 Å². The number of aryl methyl sites for hydroxylation is 1. The van der Waals surface area contributed by atoms with Gasteiger partial charge in [0.1, 0.15) is 0 Å². The van der Waals surface area contributed by atoms with E-state index in [4.69, 9.17) is 4.52 Å². The van der Waals surface area contributed by atoms with Gasteiger partial charge in [-0.2, -0.15) is 0 Å². The smallest absolute Gasteiger partial charge is 0.321 e. The lowest BCUT2D eigenvalue weighted by atomic mass is 10.2. The van der Waals surface area contributed by atoms with Crippen LogP contribution in [0.5, 0.6) is 0 Å². The lowest BCUT2D eigenvalue weighted by molar-refractivity contribution is 0.298. The van der Waals surface area contributed by atoms with Crippen molar-refractivity contribution in [2.45, 2.75) is 13.3 Å². The van der Waals surface area contributed by atoms with Crippen LogP contribution in [0.1, 0.15) is 12.5 Å². The first-order valence-electron chi connectivity index (χ1n) is 4.78. The third kappa shape index (κ3) is 3.03. The van der Waals surface area contributed by atoms with Gasteiger partial charge in [0, 0.05) is 0 Å². The third-order valence-electron chi connectivity index (χ3n) is 2.04. The molecule has 0 saturated carbocycles. The quantitative estimate of drug-likeness (QED) is 0.618. The summed E-state index contributed by atoms with van der Waals surface area (Å²) in [5.74, 6) is 0. The first-order valence-corrected chi connectivity index (χ1v) is 6.36. The minimum atomic E-state index is -3.69. The molecule has 1 aromatic carbocycles. The summed E-state index contributed by atoms with van der Waals surface area (Å²) in [5, 5.41) is 0.384. The molecular weight excluding hydrogens is 211 g/mol. The van der Waals surface area contributed by atoms with Gasteiger partial charge in [0.25, 0.3) is 0 Å². The highest BCUT2D eigenvalue weighted by Gasteiger charge is 2.24. The Morgan fingerprint density at radius 1 is 1.53 bits per heavy atom. The first-order chi connectivity index (χ1) is 7.11. The van der Waals surface area contributed by atoms with E-state index in [1.165, 1.54) is 6.08 Å². The summed E-state index contributed by atoms with van der Waals surface area (Å²) in [7, 11) is -3.69. The topological polar surface area (TPSA) is 46.5 Å². The van der Waals surface area contributed by atoms with E-state index in [2.05, 4.69) is 6.58 Å². The maximum atomic E-state index is 11.8. The predicted molar refractivity (Wildman–Crippen MR) is 61.4 cm³/mol. The Bertz CT molecular complexity index is 387. The molecule has 0 fully saturated rings. The van der Waals surface area contributed by atoms with Crippen LogP contribution in [0.25, 0.3) is 0 Å². The standard InChI is InChI=1S/C11H15O3P/c1-3-9-14-15(12,13)11-8-6-5-7-10(11)4-2/h3,5-8H,1,4,9H2,2H3,(H,12,13). The Morgan fingerprint density at radius 2 is 2.20 bits per heavy atom. The van der Waals surface area contributed by atoms with Crippen LogP contribution in [-0.2, 0) is 15.5 Å². The lowest BCUT2D eigenvalue weighted by Crippen LogP contribution is -2.12. The molecule has 0 heterocycles. The average Bonchev–Trinajstić information content (AvgIpc) is 2.26. The van der Waals surface area contributed by atoms with Gasteiger partial charge in [0.05, 0.1) is 11.9 Å². The van der Waals surface area contributed by atoms with Crippen LogP contribution >= 0.6 is 7.60 Å². The van der Waals surface area contributed by atoms with Crippen molar-refractivity contribution in [3.63, 3.8) is 0 Å². The van der Waals surface area contributed by atoms with Crippen LogP contribution in [0, 0.1) is 0 Å². The van der Waals surface area contributed by atoms with E-state index in [-0.39, 0.29) is 6.61 Å². The second-order valence-electron chi connectivity index (χ2n) is 3.09. The van der Waals surface area contributed by atoms with E-state index in [1.807, 2.05) is 19.1 Å². The summed E-state index contributed by atoms with van der Waals surface area (Å²) < 4.78 is 16.7. The Kier molecular flexibility index (Phi) is 4.28. The van der Waals surface area contributed by atoms with E-state index < -0.39 is 7.60 Å². The maximum absolute atomic E-state index is 11.8. The molecule has 0 aliphatic heterocycles. The van der Waals surface area contributed by atoms with Crippen molar-refractivity contribution in [1.29, 1.82) is 0 Å². The van der Waals surface area contributed by atoms with Gasteiger partial charge in [-0.15, -0.1) is 6.58 Å². The fourth-order valence-electron chi connectivity index (χ4n) is 1.31. The van der Waals surface area contributed by atoms with Gasteiger partial charge in [-0.05, 0) is 18.1 Å². The van der Waals surface area contributed by atoms with Crippen molar-refractivity contribution in [3.05, 3.63) is 42.5 Å². The number of hydrogen-bond donors (Lipinski definition) is 1. The number of rotatable bonds is 5. The minimum Gasteiger partial charge on any atom is -0.321 e. The van der Waals surface area contributed by atoms with Crippen LogP contribution in [0.2, 0.25) is 0 Å². The fraction of sp³-hybridized carbons (Fsp3) is 0.273. The Hall–Kier alpha value is -0.890. The molecule has 0 spiro atoms. The highest BCUT2D eigenvalue weighted by atomic mass is 31.2. The summed E-state index contributed by atoms with van der Waals surface area (Å²) in [4.78, 5) is 9.71. The predicted octanol–water partition coefficient (Wildman–Crippen LogP) is 2.26. The van der Waals surface area contributed by atoms with Gasteiger partial charge in [-0.3, -0.25) is 4.57 Å². The third-order valence-corrected chi connectivity index (χ3v) is 3.59. The molecule has 4 heteroatoms. The van der Waals surface area contributed by atoms with Gasteiger partial charge in [-0.1, -0.05) is 31.2 Å². The molecule has 1 atom stereocenters. The van der Waals surface area contributed by atoms with Gasteiger partial charge in [-0.25, -0.2) is 0 Å². The van der Waals surface area contributed by atoms with Crippen LogP contribution < -0.4 is 5.30 Å². The van der Waals surface area contributed by atoms with Gasteiger partial charge < -0.3 is 9.42 Å². The maximum Gasteiger partial charge on any atom is 0.359 e. The van der Waals surface area contributed by atoms with E-state index in [0.29, 0.717) is 11.7 Å². The minimum absolute atomic E-state index is 0.0752. The second kappa shape index (κ2) is 5.26. The summed E-state index contributed by atoms with van der Waals surface area (Å²) in [6.07, 6.45) is 2.16. The lowest BCUT2D eigenvalue weighted by Gasteiger charge is -2.14. The Morgan fingerprint density at radius 3 is 2.80 bits per heavy atom. The summed E-state index contributed by atoms with van der Waals surface area (Å²) in [5.41, 5.74) is 0.840. The van der Waals surface area contributed by atoms with Crippen molar-refractivity contribution in [3.8, 4) is 0 Å². The van der Waals surface area contributed by atoms with E-state index >= 15 is 0 Å². The Balaban J connectivity index is 3.02. The molecule has 0 aliphatic carbocycles. The van der Waals surface area contributed by atoms with Crippen molar-refractivity contribution < 1.29 is 14.0 Å². The second-order valence-corrected chi connectivity index (χ2v) is 4.87. The van der Waals surface area contributed by atoms with Crippen LogP contribution in [0.4, 0.5) is 0 Å². The Labute approximate surface area is 89.9 Å². The molecule has 0 amide bonds.